The summed E-state index contributed by atoms with van der Waals surface area (Å²) in [6, 6.07) is 40.7. The lowest BCUT2D eigenvalue weighted by atomic mass is 9.95. The number of para-hydroxylation sites is 4. The highest BCUT2D eigenvalue weighted by atomic mass is 31.2. The fourth-order valence-electron chi connectivity index (χ4n) is 9.74. The quantitative estimate of drug-likeness (QED) is 0.0823. The SMILES string of the molecule is Cc1cc(C)c(OP(Oc2ccccc2C2CCCO2)Oc2ccccc2C2CCCO2)c(-c2cc(C)cc(C)c2OP(Oc2ccccc2C2CCCO2)Oc2ccccc2C2CCCO2)c1. The number of hydrogen-bond donors (Lipinski definition) is 0. The first-order chi connectivity index (χ1) is 33.3. The van der Waals surface area contributed by atoms with E-state index >= 15 is 0 Å². The zero-order chi connectivity index (χ0) is 46.4. The highest BCUT2D eigenvalue weighted by Crippen LogP contribution is 2.54. The lowest BCUT2D eigenvalue weighted by molar-refractivity contribution is 0.109. The molecule has 4 atom stereocenters. The second kappa shape index (κ2) is 21.6. The van der Waals surface area contributed by atoms with E-state index in [0.29, 0.717) is 60.9 Å². The highest BCUT2D eigenvalue weighted by Gasteiger charge is 2.34. The van der Waals surface area contributed by atoms with Crippen LogP contribution in [0, 0.1) is 27.7 Å². The summed E-state index contributed by atoms with van der Waals surface area (Å²) >= 11 is 0. The highest BCUT2D eigenvalue weighted by molar-refractivity contribution is 7.43. The van der Waals surface area contributed by atoms with Gasteiger partial charge in [-0.1, -0.05) is 84.9 Å². The molecule has 0 spiro atoms. The van der Waals surface area contributed by atoms with Crippen LogP contribution in [0.1, 0.15) is 120 Å². The Bertz CT molecular complexity index is 2360. The summed E-state index contributed by atoms with van der Waals surface area (Å²) in [5.74, 6) is 3.86. The molecule has 0 bridgehead atoms. The van der Waals surface area contributed by atoms with E-state index in [1.54, 1.807) is 0 Å². The van der Waals surface area contributed by atoms with Crippen molar-refractivity contribution in [2.24, 2.45) is 0 Å². The van der Waals surface area contributed by atoms with Crippen molar-refractivity contribution in [2.45, 2.75) is 103 Å². The first-order valence-electron chi connectivity index (χ1n) is 24.1. The fourth-order valence-corrected chi connectivity index (χ4v) is 12.1. The van der Waals surface area contributed by atoms with Crippen LogP contribution in [-0.2, 0) is 18.9 Å². The monoisotopic (exact) mass is 954 g/mol. The Hall–Kier alpha value is -5.18. The van der Waals surface area contributed by atoms with Crippen LogP contribution in [0.15, 0.2) is 121 Å². The molecule has 0 aromatic heterocycles. The molecule has 10 rings (SSSR count). The maximum atomic E-state index is 7.20. The van der Waals surface area contributed by atoms with Crippen molar-refractivity contribution in [2.75, 3.05) is 26.4 Å². The van der Waals surface area contributed by atoms with E-state index in [1.165, 1.54) is 0 Å². The van der Waals surface area contributed by atoms with Crippen molar-refractivity contribution in [3.05, 3.63) is 166 Å². The second-order valence-corrected chi connectivity index (χ2v) is 20.1. The zero-order valence-electron chi connectivity index (χ0n) is 39.3. The smallest absolute Gasteiger partial charge is 0.408 e. The molecule has 4 fully saturated rings. The van der Waals surface area contributed by atoms with Gasteiger partial charge in [-0.3, -0.25) is 0 Å². The zero-order valence-corrected chi connectivity index (χ0v) is 41.1. The maximum absolute atomic E-state index is 7.20. The summed E-state index contributed by atoms with van der Waals surface area (Å²) in [7, 11) is -4.26. The van der Waals surface area contributed by atoms with E-state index in [-0.39, 0.29) is 24.4 Å². The van der Waals surface area contributed by atoms with Crippen LogP contribution in [-0.4, -0.2) is 26.4 Å². The molecule has 354 valence electrons. The van der Waals surface area contributed by atoms with Gasteiger partial charge in [-0.2, -0.15) is 0 Å². The predicted octanol–water partition coefficient (Wildman–Crippen LogP) is 15.5. The van der Waals surface area contributed by atoms with E-state index in [1.807, 2.05) is 72.8 Å². The Kier molecular flexibility index (Phi) is 14.8. The Morgan fingerprint density at radius 3 is 0.912 bits per heavy atom. The molecule has 4 heterocycles. The van der Waals surface area contributed by atoms with Crippen LogP contribution in [0.2, 0.25) is 0 Å². The van der Waals surface area contributed by atoms with Gasteiger partial charge in [0, 0.05) is 59.8 Å². The van der Waals surface area contributed by atoms with Crippen LogP contribution in [0.5, 0.6) is 34.5 Å². The summed E-state index contributed by atoms with van der Waals surface area (Å²) < 4.78 is 67.0. The van der Waals surface area contributed by atoms with E-state index in [0.717, 1.165) is 107 Å². The summed E-state index contributed by atoms with van der Waals surface area (Å²) in [6.45, 7) is 11.2. The molecule has 0 aliphatic carbocycles. The van der Waals surface area contributed by atoms with E-state index in [2.05, 4.69) is 76.2 Å². The lowest BCUT2D eigenvalue weighted by Crippen LogP contribution is -2.09. The average Bonchev–Trinajstić information content (AvgIpc) is 4.21. The Morgan fingerprint density at radius 2 is 0.647 bits per heavy atom. The molecule has 0 radical (unpaired) electrons. The summed E-state index contributed by atoms with van der Waals surface area (Å²) in [5, 5.41) is 0. The molecular weight excluding hydrogens is 895 g/mol. The van der Waals surface area contributed by atoms with Crippen molar-refractivity contribution >= 4 is 17.2 Å². The number of ether oxygens (including phenoxy) is 4. The third-order valence-corrected chi connectivity index (χ3v) is 15.0. The molecule has 0 saturated carbocycles. The maximum Gasteiger partial charge on any atom is 0.530 e. The van der Waals surface area contributed by atoms with Crippen LogP contribution < -0.4 is 27.1 Å². The van der Waals surface area contributed by atoms with Gasteiger partial charge in [0.25, 0.3) is 0 Å². The van der Waals surface area contributed by atoms with Gasteiger partial charge in [0.2, 0.25) is 0 Å². The molecule has 10 nitrogen and oxygen atoms in total. The molecule has 4 aliphatic heterocycles. The number of hydrogen-bond acceptors (Lipinski definition) is 10. The first kappa shape index (κ1) is 46.5. The minimum absolute atomic E-state index is 0.0801. The predicted molar refractivity (Wildman–Crippen MR) is 266 cm³/mol. The van der Waals surface area contributed by atoms with Crippen molar-refractivity contribution in [1.29, 1.82) is 0 Å². The van der Waals surface area contributed by atoms with Crippen molar-refractivity contribution < 1.29 is 46.1 Å². The average molecular weight is 955 g/mol. The molecular formula is C56H60O10P2. The van der Waals surface area contributed by atoms with Crippen molar-refractivity contribution in [3.63, 3.8) is 0 Å². The van der Waals surface area contributed by atoms with Crippen LogP contribution in [0.3, 0.4) is 0 Å². The lowest BCUT2D eigenvalue weighted by Gasteiger charge is -2.26. The molecule has 0 N–H and O–H groups in total. The molecule has 12 heteroatoms. The van der Waals surface area contributed by atoms with Gasteiger partial charge in [-0.05, 0) is 138 Å². The standard InChI is InChI=1S/C56H60O10P2/c1-37-33-39(3)55(65-67(61-51-21-9-5-17-41(51)47-25-13-29-57-47)62-52-22-10-6-18-42(52)48-26-14-30-58-48)45(35-37)46-36-38(2)34-40(4)56(46)66-68(63-53-23-11-7-19-43(53)49-27-15-31-59-49)64-54-24-12-8-20-44(54)50-28-16-32-60-50/h5-12,17-24,33-36,47-50H,13-16,25-32H2,1-4H3. The van der Waals surface area contributed by atoms with E-state index in [9.17, 15) is 0 Å². The minimum Gasteiger partial charge on any atom is -0.408 e. The molecule has 4 saturated heterocycles. The molecule has 4 unspecified atom stereocenters. The fraction of sp³-hybridized carbons (Fsp3) is 0.357. The van der Waals surface area contributed by atoms with Crippen LogP contribution >= 0.6 is 17.2 Å². The summed E-state index contributed by atoms with van der Waals surface area (Å²) in [4.78, 5) is 0. The summed E-state index contributed by atoms with van der Waals surface area (Å²) in [5.41, 5.74) is 9.45. The van der Waals surface area contributed by atoms with Gasteiger partial charge < -0.3 is 46.1 Å². The van der Waals surface area contributed by atoms with Crippen LogP contribution in [0.4, 0.5) is 0 Å². The number of rotatable bonds is 17. The van der Waals surface area contributed by atoms with Gasteiger partial charge >= 0.3 is 17.2 Å². The van der Waals surface area contributed by atoms with Gasteiger partial charge in [0.1, 0.15) is 34.5 Å². The third-order valence-electron chi connectivity index (χ3n) is 12.9. The number of aryl methyl sites for hydroxylation is 4. The van der Waals surface area contributed by atoms with Crippen molar-refractivity contribution in [3.8, 4) is 45.6 Å². The first-order valence-corrected chi connectivity index (χ1v) is 26.3. The largest absolute Gasteiger partial charge is 0.530 e. The molecule has 0 amide bonds. The second-order valence-electron chi connectivity index (χ2n) is 18.1. The molecule has 6 aromatic carbocycles. The summed E-state index contributed by atoms with van der Waals surface area (Å²) in [6.07, 6.45) is 7.28. The third kappa shape index (κ3) is 10.7. The minimum atomic E-state index is -2.13. The van der Waals surface area contributed by atoms with E-state index in [4.69, 9.17) is 46.1 Å². The molecule has 4 aliphatic rings. The van der Waals surface area contributed by atoms with Gasteiger partial charge in [-0.25, -0.2) is 0 Å². The topological polar surface area (TPSA) is 92.3 Å². The Balaban J connectivity index is 1.05. The van der Waals surface area contributed by atoms with Crippen LogP contribution in [0.25, 0.3) is 11.1 Å². The van der Waals surface area contributed by atoms with Crippen molar-refractivity contribution in [1.82, 2.24) is 0 Å². The Labute approximate surface area is 403 Å². The molecule has 68 heavy (non-hydrogen) atoms. The molecule has 6 aromatic rings. The normalized spacial score (nSPS) is 21.1. The van der Waals surface area contributed by atoms with Gasteiger partial charge in [-0.15, -0.1) is 0 Å². The Morgan fingerprint density at radius 1 is 0.368 bits per heavy atom. The van der Waals surface area contributed by atoms with Gasteiger partial charge in [0.15, 0.2) is 0 Å². The van der Waals surface area contributed by atoms with E-state index < -0.39 is 17.2 Å². The van der Waals surface area contributed by atoms with Gasteiger partial charge in [0.05, 0.1) is 24.4 Å². The number of benzene rings is 6.